The van der Waals surface area contributed by atoms with Crippen molar-refractivity contribution in [3.05, 3.63) is 46.2 Å². The fourth-order valence-electron chi connectivity index (χ4n) is 3.61. The molecule has 0 spiro atoms. The van der Waals surface area contributed by atoms with Gasteiger partial charge in [-0.2, -0.15) is 0 Å². The van der Waals surface area contributed by atoms with E-state index in [9.17, 15) is 4.79 Å². The van der Waals surface area contributed by atoms with Crippen molar-refractivity contribution in [3.8, 4) is 0 Å². The number of pyridine rings is 1. The van der Waals surface area contributed by atoms with E-state index in [1.54, 1.807) is 6.20 Å². The minimum Gasteiger partial charge on any atom is -0.347 e. The summed E-state index contributed by atoms with van der Waals surface area (Å²) in [5, 5.41) is 0. The van der Waals surface area contributed by atoms with Gasteiger partial charge >= 0.3 is 0 Å². The smallest absolute Gasteiger partial charge is 0.274 e. The molecular weight excluding hydrogens is 332 g/mol. The van der Waals surface area contributed by atoms with Gasteiger partial charge in [-0.3, -0.25) is 4.79 Å². The van der Waals surface area contributed by atoms with Crippen molar-refractivity contribution in [2.45, 2.75) is 25.3 Å². The van der Waals surface area contributed by atoms with Crippen LogP contribution in [0.2, 0.25) is 0 Å². The Labute approximate surface area is 130 Å². The number of aromatic amines is 1. The first-order valence-electron chi connectivity index (χ1n) is 7.05. The molecule has 3 fully saturated rings. The van der Waals surface area contributed by atoms with Crippen LogP contribution in [0.15, 0.2) is 29.0 Å². The molecule has 0 unspecified atom stereocenters. The van der Waals surface area contributed by atoms with Crippen molar-refractivity contribution >= 4 is 21.8 Å². The molecule has 4 heterocycles. The van der Waals surface area contributed by atoms with Gasteiger partial charge in [0.2, 0.25) is 0 Å². The van der Waals surface area contributed by atoms with E-state index in [-0.39, 0.29) is 11.4 Å². The predicted molar refractivity (Wildman–Crippen MR) is 80.7 cm³/mol. The molecule has 2 saturated heterocycles. The second-order valence-corrected chi connectivity index (χ2v) is 6.80. The van der Waals surface area contributed by atoms with Crippen LogP contribution in [0.5, 0.6) is 0 Å². The molecule has 108 valence electrons. The average Bonchev–Trinajstić information content (AvgIpc) is 3.12. The van der Waals surface area contributed by atoms with E-state index in [1.807, 2.05) is 30.2 Å². The Hall–Kier alpha value is -1.69. The van der Waals surface area contributed by atoms with Crippen LogP contribution in [-0.2, 0) is 5.54 Å². The molecule has 2 aromatic rings. The van der Waals surface area contributed by atoms with E-state index in [4.69, 9.17) is 0 Å². The SMILES string of the molecule is Cc1ccc(Br)c(C(=O)N2CC3CC2(c2ncc[nH]2)C3)n1. The first-order valence-corrected chi connectivity index (χ1v) is 7.84. The molecule has 2 aliphatic heterocycles. The van der Waals surface area contributed by atoms with Gasteiger partial charge in [-0.25, -0.2) is 9.97 Å². The summed E-state index contributed by atoms with van der Waals surface area (Å²) in [6.45, 7) is 2.69. The molecule has 5 rings (SSSR count). The lowest BCUT2D eigenvalue weighted by atomic mass is 9.72. The third-order valence-electron chi connectivity index (χ3n) is 4.58. The fraction of sp³-hybridized carbons (Fsp3) is 0.400. The van der Waals surface area contributed by atoms with Crippen molar-refractivity contribution in [1.29, 1.82) is 0 Å². The van der Waals surface area contributed by atoms with Crippen molar-refractivity contribution in [2.24, 2.45) is 5.92 Å². The number of hydrogen-bond donors (Lipinski definition) is 1. The van der Waals surface area contributed by atoms with Gasteiger partial charge < -0.3 is 9.88 Å². The van der Waals surface area contributed by atoms with Crippen molar-refractivity contribution < 1.29 is 4.79 Å². The zero-order valence-corrected chi connectivity index (χ0v) is 13.2. The highest BCUT2D eigenvalue weighted by molar-refractivity contribution is 9.10. The van der Waals surface area contributed by atoms with Crippen LogP contribution in [-0.4, -0.2) is 32.3 Å². The third-order valence-corrected chi connectivity index (χ3v) is 5.22. The average molecular weight is 347 g/mol. The summed E-state index contributed by atoms with van der Waals surface area (Å²) in [7, 11) is 0. The number of aryl methyl sites for hydroxylation is 1. The topological polar surface area (TPSA) is 61.9 Å². The van der Waals surface area contributed by atoms with Gasteiger partial charge in [0.25, 0.3) is 5.91 Å². The van der Waals surface area contributed by atoms with Crippen LogP contribution in [0.25, 0.3) is 0 Å². The lowest BCUT2D eigenvalue weighted by Crippen LogP contribution is -2.46. The van der Waals surface area contributed by atoms with Crippen molar-refractivity contribution in [2.75, 3.05) is 6.54 Å². The molecule has 0 radical (unpaired) electrons. The lowest BCUT2D eigenvalue weighted by molar-refractivity contribution is 0.0521. The Balaban J connectivity index is 1.73. The van der Waals surface area contributed by atoms with Gasteiger partial charge in [-0.05, 0) is 53.7 Å². The number of rotatable bonds is 2. The van der Waals surface area contributed by atoms with E-state index < -0.39 is 0 Å². The number of nitrogens with zero attached hydrogens (tertiary/aromatic N) is 3. The maximum absolute atomic E-state index is 12.9. The quantitative estimate of drug-likeness (QED) is 0.909. The normalized spacial score (nSPS) is 26.8. The lowest BCUT2D eigenvalue weighted by Gasteiger charge is -2.40. The zero-order chi connectivity index (χ0) is 14.6. The van der Waals surface area contributed by atoms with Gasteiger partial charge in [0.05, 0.1) is 0 Å². The summed E-state index contributed by atoms with van der Waals surface area (Å²) in [4.78, 5) is 26.9. The van der Waals surface area contributed by atoms with Crippen LogP contribution in [0.1, 0.15) is 34.8 Å². The number of hydrogen-bond acceptors (Lipinski definition) is 3. The number of amides is 1. The summed E-state index contributed by atoms with van der Waals surface area (Å²) in [5.41, 5.74) is 1.09. The molecule has 1 amide bonds. The maximum Gasteiger partial charge on any atom is 0.274 e. The minimum absolute atomic E-state index is 0.0121. The summed E-state index contributed by atoms with van der Waals surface area (Å²) in [6, 6.07) is 3.78. The van der Waals surface area contributed by atoms with E-state index >= 15 is 0 Å². The minimum atomic E-state index is -0.254. The Morgan fingerprint density at radius 1 is 1.48 bits per heavy atom. The zero-order valence-electron chi connectivity index (χ0n) is 11.6. The standard InChI is InChI=1S/C15H15BrN4O/c1-9-2-3-11(16)12(19-9)13(21)20-8-10-6-15(20,7-10)14-17-4-5-18-14/h2-5,10H,6-8H2,1H3,(H,17,18). The second-order valence-electron chi connectivity index (χ2n) is 5.94. The summed E-state index contributed by atoms with van der Waals surface area (Å²) < 4.78 is 0.747. The first-order chi connectivity index (χ1) is 10.1. The first kappa shape index (κ1) is 13.0. The van der Waals surface area contributed by atoms with Gasteiger partial charge in [-0.15, -0.1) is 0 Å². The molecule has 5 nitrogen and oxygen atoms in total. The number of imidazole rings is 1. The molecule has 2 bridgehead atoms. The number of fused-ring (bicyclic) bond motifs is 1. The highest BCUT2D eigenvalue weighted by atomic mass is 79.9. The number of carbonyl (C=O) groups excluding carboxylic acids is 1. The predicted octanol–water partition coefficient (Wildman–Crippen LogP) is 2.64. The highest BCUT2D eigenvalue weighted by Gasteiger charge is 2.60. The van der Waals surface area contributed by atoms with E-state index in [0.717, 1.165) is 35.4 Å². The van der Waals surface area contributed by atoms with Crippen LogP contribution < -0.4 is 0 Å². The number of aromatic nitrogens is 3. The van der Waals surface area contributed by atoms with Crippen LogP contribution in [0.3, 0.4) is 0 Å². The molecule has 2 aromatic heterocycles. The van der Waals surface area contributed by atoms with E-state index in [0.29, 0.717) is 11.6 Å². The molecule has 1 aliphatic carbocycles. The third kappa shape index (κ3) is 1.78. The summed E-state index contributed by atoms with van der Waals surface area (Å²) >= 11 is 3.44. The van der Waals surface area contributed by atoms with Crippen molar-refractivity contribution in [3.63, 3.8) is 0 Å². The van der Waals surface area contributed by atoms with Gasteiger partial charge in [0.15, 0.2) is 0 Å². The molecule has 21 heavy (non-hydrogen) atoms. The van der Waals surface area contributed by atoms with Gasteiger partial charge in [0.1, 0.15) is 17.1 Å². The Morgan fingerprint density at radius 2 is 2.29 bits per heavy atom. The summed E-state index contributed by atoms with van der Waals surface area (Å²) in [6.07, 6.45) is 5.56. The Morgan fingerprint density at radius 3 is 3.00 bits per heavy atom. The number of H-pyrrole nitrogens is 1. The summed E-state index contributed by atoms with van der Waals surface area (Å²) in [5.74, 6) is 1.47. The number of carbonyl (C=O) groups is 1. The molecular formula is C15H15BrN4O. The molecule has 1 saturated carbocycles. The molecule has 1 N–H and O–H groups in total. The van der Waals surface area contributed by atoms with Crippen molar-refractivity contribution in [1.82, 2.24) is 19.9 Å². The Kier molecular flexibility index (Phi) is 2.73. The monoisotopic (exact) mass is 346 g/mol. The molecule has 3 aliphatic rings. The van der Waals surface area contributed by atoms with Gasteiger partial charge in [-0.1, -0.05) is 0 Å². The van der Waals surface area contributed by atoms with Crippen LogP contribution in [0, 0.1) is 12.8 Å². The Bertz CT molecular complexity index is 706. The number of nitrogens with one attached hydrogen (secondary N) is 1. The van der Waals surface area contributed by atoms with E-state index in [1.165, 1.54) is 0 Å². The fourth-order valence-corrected chi connectivity index (χ4v) is 4.00. The van der Waals surface area contributed by atoms with Crippen LogP contribution >= 0.6 is 15.9 Å². The van der Waals surface area contributed by atoms with E-state index in [2.05, 4.69) is 30.9 Å². The highest BCUT2D eigenvalue weighted by Crippen LogP contribution is 2.56. The largest absolute Gasteiger partial charge is 0.347 e. The number of halogens is 1. The molecule has 0 atom stereocenters. The second kappa shape index (κ2) is 4.40. The molecule has 0 aromatic carbocycles. The maximum atomic E-state index is 12.9. The van der Waals surface area contributed by atoms with Gasteiger partial charge in [0, 0.05) is 29.1 Å². The van der Waals surface area contributed by atoms with Crippen LogP contribution in [0.4, 0.5) is 0 Å². The molecule has 6 heteroatoms.